The van der Waals surface area contributed by atoms with Crippen molar-refractivity contribution in [2.75, 3.05) is 13.7 Å². The van der Waals surface area contributed by atoms with Crippen molar-refractivity contribution in [3.8, 4) is 5.75 Å². The number of Topliss-reactive ketones (excluding diaryl/α,β-unsaturated/α-hetero) is 1. The number of piperidine rings is 1. The third-order valence-electron chi connectivity index (χ3n) is 4.90. The zero-order valence-corrected chi connectivity index (χ0v) is 15.9. The number of ketones is 1. The number of carbonyl (C=O) groups excluding carboxylic acids is 3. The van der Waals surface area contributed by atoms with Gasteiger partial charge in [0.15, 0.2) is 0 Å². The second-order valence-electron chi connectivity index (χ2n) is 6.77. The Morgan fingerprint density at radius 1 is 1.07 bits per heavy atom. The van der Waals surface area contributed by atoms with Gasteiger partial charge in [0.1, 0.15) is 11.8 Å². The van der Waals surface area contributed by atoms with E-state index in [1.54, 1.807) is 18.2 Å². The summed E-state index contributed by atoms with van der Waals surface area (Å²) < 4.78 is 5.12. The summed E-state index contributed by atoms with van der Waals surface area (Å²) in [5.41, 5.74) is 1.25. The van der Waals surface area contributed by atoms with Crippen LogP contribution < -0.4 is 10.1 Å². The van der Waals surface area contributed by atoms with Crippen molar-refractivity contribution < 1.29 is 19.1 Å². The predicted molar refractivity (Wildman–Crippen MR) is 105 cm³/mol. The van der Waals surface area contributed by atoms with Gasteiger partial charge < -0.3 is 15.0 Å². The highest BCUT2D eigenvalue weighted by Gasteiger charge is 2.35. The summed E-state index contributed by atoms with van der Waals surface area (Å²) >= 11 is 0. The summed E-state index contributed by atoms with van der Waals surface area (Å²) in [4.78, 5) is 39.6. The molecule has 146 valence electrons. The average molecular weight is 380 g/mol. The molecule has 1 fully saturated rings. The minimum Gasteiger partial charge on any atom is -0.497 e. The predicted octanol–water partition coefficient (Wildman–Crippen LogP) is 2.58. The number of nitrogens with zero attached hydrogens (tertiary/aromatic N) is 1. The lowest BCUT2D eigenvalue weighted by atomic mass is 9.99. The van der Waals surface area contributed by atoms with Crippen LogP contribution in [0.25, 0.3) is 0 Å². The lowest BCUT2D eigenvalue weighted by Crippen LogP contribution is -2.53. The molecule has 1 unspecified atom stereocenters. The van der Waals surface area contributed by atoms with Crippen LogP contribution in [0.3, 0.4) is 0 Å². The van der Waals surface area contributed by atoms with E-state index < -0.39 is 17.7 Å². The van der Waals surface area contributed by atoms with E-state index in [0.717, 1.165) is 18.4 Å². The molecule has 0 bridgehead atoms. The Balaban J connectivity index is 1.70. The molecule has 3 rings (SSSR count). The summed E-state index contributed by atoms with van der Waals surface area (Å²) in [6.45, 7) is 0.792. The summed E-state index contributed by atoms with van der Waals surface area (Å²) in [5.74, 6) is -0.987. The molecule has 0 spiro atoms. The van der Waals surface area contributed by atoms with Gasteiger partial charge in [0.05, 0.1) is 7.11 Å². The van der Waals surface area contributed by atoms with Gasteiger partial charge in [-0.15, -0.1) is 0 Å². The van der Waals surface area contributed by atoms with Crippen molar-refractivity contribution in [3.05, 3.63) is 65.7 Å². The topological polar surface area (TPSA) is 75.7 Å². The van der Waals surface area contributed by atoms with E-state index in [9.17, 15) is 14.4 Å². The van der Waals surface area contributed by atoms with Gasteiger partial charge in [-0.2, -0.15) is 0 Å². The zero-order chi connectivity index (χ0) is 19.9. The van der Waals surface area contributed by atoms with Gasteiger partial charge in [-0.25, -0.2) is 0 Å². The Morgan fingerprint density at radius 3 is 2.61 bits per heavy atom. The number of hydrogen-bond acceptors (Lipinski definition) is 4. The Labute approximate surface area is 164 Å². The van der Waals surface area contributed by atoms with Crippen LogP contribution in [0.15, 0.2) is 54.6 Å². The smallest absolute Gasteiger partial charge is 0.295 e. The summed E-state index contributed by atoms with van der Waals surface area (Å²) in [6.07, 6.45) is 2.18. The second kappa shape index (κ2) is 9.17. The maximum Gasteiger partial charge on any atom is 0.295 e. The zero-order valence-electron chi connectivity index (χ0n) is 15.9. The molecule has 1 N–H and O–H groups in total. The van der Waals surface area contributed by atoms with Crippen LogP contribution in [0.5, 0.6) is 5.75 Å². The number of rotatable bonds is 6. The highest BCUT2D eigenvalue weighted by Crippen LogP contribution is 2.20. The van der Waals surface area contributed by atoms with Gasteiger partial charge in [-0.1, -0.05) is 42.5 Å². The highest BCUT2D eigenvalue weighted by atomic mass is 16.5. The van der Waals surface area contributed by atoms with Crippen LogP contribution in [0.2, 0.25) is 0 Å². The standard InChI is InChI=1S/C22H24N2O4/c1-28-18-11-7-10-17(14-18)20(25)22(27)24-13-6-5-12-19(24)21(26)23-15-16-8-3-2-4-9-16/h2-4,7-11,14,19H,5-6,12-13,15H2,1H3,(H,23,26). The molecule has 0 aliphatic carbocycles. The summed E-state index contributed by atoms with van der Waals surface area (Å²) in [6, 6.07) is 15.5. The van der Waals surface area contributed by atoms with Crippen LogP contribution in [0.4, 0.5) is 0 Å². The number of carbonyl (C=O) groups is 3. The van der Waals surface area contributed by atoms with Crippen molar-refractivity contribution in [2.24, 2.45) is 0 Å². The third kappa shape index (κ3) is 4.57. The second-order valence-corrected chi connectivity index (χ2v) is 6.77. The molecule has 1 aliphatic heterocycles. The molecule has 0 radical (unpaired) electrons. The molecule has 1 atom stereocenters. The molecule has 6 nitrogen and oxygen atoms in total. The Morgan fingerprint density at radius 2 is 1.86 bits per heavy atom. The van der Waals surface area contributed by atoms with Crippen molar-refractivity contribution >= 4 is 17.6 Å². The average Bonchev–Trinajstić information content (AvgIpc) is 2.77. The molecule has 0 saturated carbocycles. The van der Waals surface area contributed by atoms with E-state index in [1.165, 1.54) is 18.1 Å². The summed E-state index contributed by atoms with van der Waals surface area (Å²) in [7, 11) is 1.50. The third-order valence-corrected chi connectivity index (χ3v) is 4.90. The number of likely N-dealkylation sites (tertiary alicyclic amines) is 1. The van der Waals surface area contributed by atoms with Crippen LogP contribution in [-0.2, 0) is 16.1 Å². The van der Waals surface area contributed by atoms with E-state index >= 15 is 0 Å². The molecule has 2 aromatic rings. The van der Waals surface area contributed by atoms with Gasteiger partial charge >= 0.3 is 0 Å². The van der Waals surface area contributed by atoms with Gasteiger partial charge in [-0.3, -0.25) is 14.4 Å². The fraction of sp³-hybridized carbons (Fsp3) is 0.318. The number of methoxy groups -OCH3 is 1. The largest absolute Gasteiger partial charge is 0.497 e. The molecule has 28 heavy (non-hydrogen) atoms. The van der Waals surface area contributed by atoms with Gasteiger partial charge in [0, 0.05) is 18.7 Å². The van der Waals surface area contributed by atoms with Gasteiger partial charge in [0.2, 0.25) is 5.91 Å². The monoisotopic (exact) mass is 380 g/mol. The molecule has 1 heterocycles. The quantitative estimate of drug-likeness (QED) is 0.617. The fourth-order valence-corrected chi connectivity index (χ4v) is 3.37. The van der Waals surface area contributed by atoms with Crippen molar-refractivity contribution in [3.63, 3.8) is 0 Å². The Bertz CT molecular complexity index is 851. The summed E-state index contributed by atoms with van der Waals surface area (Å²) in [5, 5.41) is 2.89. The highest BCUT2D eigenvalue weighted by molar-refractivity contribution is 6.43. The number of nitrogens with one attached hydrogen (secondary N) is 1. The van der Waals surface area contributed by atoms with Crippen molar-refractivity contribution in [1.82, 2.24) is 10.2 Å². The Kier molecular flexibility index (Phi) is 6.42. The molecule has 6 heteroatoms. The molecule has 1 saturated heterocycles. The first-order valence-corrected chi connectivity index (χ1v) is 9.41. The lowest BCUT2D eigenvalue weighted by Gasteiger charge is -2.34. The lowest BCUT2D eigenvalue weighted by molar-refractivity contribution is -0.139. The van der Waals surface area contributed by atoms with E-state index in [2.05, 4.69) is 5.32 Å². The Hall–Kier alpha value is -3.15. The maximum absolute atomic E-state index is 12.8. The molecular formula is C22H24N2O4. The molecule has 2 aromatic carbocycles. The first kappa shape index (κ1) is 19.6. The van der Waals surface area contributed by atoms with Crippen LogP contribution in [0.1, 0.15) is 35.2 Å². The molecule has 1 aliphatic rings. The molecule has 2 amide bonds. The minimum atomic E-state index is -0.646. The molecular weight excluding hydrogens is 356 g/mol. The van der Waals surface area contributed by atoms with Gasteiger partial charge in [0.25, 0.3) is 11.7 Å². The first-order valence-electron chi connectivity index (χ1n) is 9.41. The van der Waals surface area contributed by atoms with Crippen LogP contribution in [0, 0.1) is 0 Å². The first-order chi connectivity index (χ1) is 13.6. The van der Waals surface area contributed by atoms with E-state index in [1.807, 2.05) is 30.3 Å². The van der Waals surface area contributed by atoms with E-state index in [4.69, 9.17) is 4.74 Å². The van der Waals surface area contributed by atoms with Gasteiger partial charge in [-0.05, 0) is 37.0 Å². The number of benzene rings is 2. The maximum atomic E-state index is 12.8. The number of hydrogen-bond donors (Lipinski definition) is 1. The van der Waals surface area contributed by atoms with Crippen molar-refractivity contribution in [1.29, 1.82) is 0 Å². The number of amides is 2. The number of ether oxygens (including phenoxy) is 1. The SMILES string of the molecule is COc1cccc(C(=O)C(=O)N2CCCCC2C(=O)NCc2ccccc2)c1. The normalized spacial score (nSPS) is 16.3. The minimum absolute atomic E-state index is 0.227. The fourth-order valence-electron chi connectivity index (χ4n) is 3.37. The van der Waals surface area contributed by atoms with E-state index in [0.29, 0.717) is 25.3 Å². The van der Waals surface area contributed by atoms with Crippen LogP contribution in [-0.4, -0.2) is 42.2 Å². The molecule has 0 aromatic heterocycles. The van der Waals surface area contributed by atoms with Crippen molar-refractivity contribution in [2.45, 2.75) is 31.8 Å². The van der Waals surface area contributed by atoms with E-state index in [-0.39, 0.29) is 11.5 Å². The van der Waals surface area contributed by atoms with Crippen LogP contribution >= 0.6 is 0 Å².